The third-order valence-electron chi connectivity index (χ3n) is 3.03. The van der Waals surface area contributed by atoms with Gasteiger partial charge in [0.15, 0.2) is 5.82 Å². The quantitative estimate of drug-likeness (QED) is 0.874. The number of aliphatic hydroxyl groups is 1. The molecule has 0 aliphatic rings. The van der Waals surface area contributed by atoms with Crippen LogP contribution in [0.5, 0.6) is 0 Å². The molecule has 0 spiro atoms. The van der Waals surface area contributed by atoms with Gasteiger partial charge in [0.1, 0.15) is 11.3 Å². The van der Waals surface area contributed by atoms with Gasteiger partial charge in [-0.15, -0.1) is 0 Å². The molecule has 0 bridgehead atoms. The zero-order valence-electron chi connectivity index (χ0n) is 10.7. The number of nitrogens with one attached hydrogen (secondary N) is 1. The molecule has 5 heteroatoms. The molecule has 1 heterocycles. The molecule has 2 N–H and O–H groups in total. The number of hydrogen-bond donors (Lipinski definition) is 2. The largest absolute Gasteiger partial charge is 0.396 e. The molecular formula is C14H16F2N2O. The second-order valence-electron chi connectivity index (χ2n) is 4.64. The molecule has 0 saturated heterocycles. The van der Waals surface area contributed by atoms with E-state index >= 15 is 0 Å². The normalized spacial score (nSPS) is 12.6. The molecule has 1 aromatic heterocycles. The maximum absolute atomic E-state index is 13.6. The van der Waals surface area contributed by atoms with Crippen molar-refractivity contribution in [3.8, 4) is 0 Å². The molecule has 3 nitrogen and oxygen atoms in total. The lowest BCUT2D eigenvalue weighted by Crippen LogP contribution is -2.13. The predicted octanol–water partition coefficient (Wildman–Crippen LogP) is 2.94. The first kappa shape index (κ1) is 13.7. The van der Waals surface area contributed by atoms with E-state index in [1.165, 1.54) is 12.3 Å². The molecule has 0 aliphatic heterocycles. The van der Waals surface area contributed by atoms with Crippen molar-refractivity contribution in [3.05, 3.63) is 36.0 Å². The van der Waals surface area contributed by atoms with Crippen molar-refractivity contribution < 1.29 is 13.9 Å². The molecule has 2 rings (SSSR count). The number of fused-ring (bicyclic) bond motifs is 1. The predicted molar refractivity (Wildman–Crippen MR) is 71.0 cm³/mol. The molecule has 102 valence electrons. The summed E-state index contributed by atoms with van der Waals surface area (Å²) < 4.78 is 26.9. The number of aliphatic hydroxyl groups excluding tert-OH is 1. The molecule has 2 aromatic rings. The van der Waals surface area contributed by atoms with Gasteiger partial charge in [-0.3, -0.25) is 4.98 Å². The van der Waals surface area contributed by atoms with Crippen molar-refractivity contribution in [1.82, 2.24) is 4.98 Å². The Labute approximate surface area is 110 Å². The molecule has 1 unspecified atom stereocenters. The Balaban J connectivity index is 2.28. The number of halogens is 2. The second kappa shape index (κ2) is 5.93. The van der Waals surface area contributed by atoms with Crippen molar-refractivity contribution in [2.75, 3.05) is 18.5 Å². The van der Waals surface area contributed by atoms with E-state index in [-0.39, 0.29) is 18.0 Å². The Kier molecular flexibility index (Phi) is 4.27. The first-order valence-corrected chi connectivity index (χ1v) is 6.20. The molecule has 0 saturated carbocycles. The van der Waals surface area contributed by atoms with E-state index in [0.29, 0.717) is 24.0 Å². The van der Waals surface area contributed by atoms with Crippen LogP contribution in [0.1, 0.15) is 13.3 Å². The smallest absolute Gasteiger partial charge is 0.152 e. The van der Waals surface area contributed by atoms with Crippen molar-refractivity contribution in [2.24, 2.45) is 5.92 Å². The fourth-order valence-corrected chi connectivity index (χ4v) is 1.94. The number of aromatic nitrogens is 1. The molecule has 0 aliphatic carbocycles. The number of rotatable bonds is 5. The number of nitrogens with zero attached hydrogens (tertiary/aromatic N) is 1. The summed E-state index contributed by atoms with van der Waals surface area (Å²) in [6, 6.07) is 3.78. The first-order valence-electron chi connectivity index (χ1n) is 6.20. The van der Waals surface area contributed by atoms with Crippen LogP contribution in [0.2, 0.25) is 0 Å². The topological polar surface area (TPSA) is 45.1 Å². The van der Waals surface area contributed by atoms with Gasteiger partial charge < -0.3 is 10.4 Å². The lowest BCUT2D eigenvalue weighted by Gasteiger charge is -2.14. The Hall–Kier alpha value is -1.75. The van der Waals surface area contributed by atoms with E-state index in [4.69, 9.17) is 5.11 Å². The highest BCUT2D eigenvalue weighted by Crippen LogP contribution is 2.25. The maximum atomic E-state index is 13.6. The van der Waals surface area contributed by atoms with Crippen LogP contribution < -0.4 is 5.32 Å². The number of pyridine rings is 1. The van der Waals surface area contributed by atoms with Gasteiger partial charge in [0, 0.05) is 36.5 Å². The molecular weight excluding hydrogens is 250 g/mol. The third-order valence-corrected chi connectivity index (χ3v) is 3.03. The minimum Gasteiger partial charge on any atom is -0.396 e. The number of anilines is 1. The molecule has 0 amide bonds. The number of benzene rings is 1. The van der Waals surface area contributed by atoms with Gasteiger partial charge in [0.05, 0.1) is 0 Å². The van der Waals surface area contributed by atoms with E-state index in [2.05, 4.69) is 10.3 Å². The average Bonchev–Trinajstić information content (AvgIpc) is 2.36. The Morgan fingerprint density at radius 3 is 2.89 bits per heavy atom. The number of hydrogen-bond acceptors (Lipinski definition) is 3. The van der Waals surface area contributed by atoms with Gasteiger partial charge in [-0.25, -0.2) is 8.78 Å². The van der Waals surface area contributed by atoms with Gasteiger partial charge in [0.2, 0.25) is 0 Å². The van der Waals surface area contributed by atoms with Gasteiger partial charge in [-0.2, -0.15) is 0 Å². The third kappa shape index (κ3) is 3.17. The Morgan fingerprint density at radius 2 is 2.16 bits per heavy atom. The van der Waals surface area contributed by atoms with Crippen molar-refractivity contribution >= 4 is 16.6 Å². The lowest BCUT2D eigenvalue weighted by atomic mass is 10.1. The van der Waals surface area contributed by atoms with Crippen LogP contribution in [0.25, 0.3) is 10.9 Å². The molecule has 0 fully saturated rings. The summed E-state index contributed by atoms with van der Waals surface area (Å²) >= 11 is 0. The summed E-state index contributed by atoms with van der Waals surface area (Å²) in [7, 11) is 0. The van der Waals surface area contributed by atoms with Crippen LogP contribution in [0.3, 0.4) is 0 Å². The first-order chi connectivity index (χ1) is 9.11. The zero-order chi connectivity index (χ0) is 13.8. The van der Waals surface area contributed by atoms with E-state index in [0.717, 1.165) is 6.07 Å². The summed E-state index contributed by atoms with van der Waals surface area (Å²) in [6.07, 6.45) is 2.17. The summed E-state index contributed by atoms with van der Waals surface area (Å²) in [5.74, 6) is -1.02. The van der Waals surface area contributed by atoms with Gasteiger partial charge in [0.25, 0.3) is 0 Å². The molecule has 0 radical (unpaired) electrons. The van der Waals surface area contributed by atoms with E-state index < -0.39 is 11.6 Å². The van der Waals surface area contributed by atoms with E-state index in [9.17, 15) is 8.78 Å². The lowest BCUT2D eigenvalue weighted by molar-refractivity contribution is 0.266. The van der Waals surface area contributed by atoms with Gasteiger partial charge in [-0.1, -0.05) is 6.92 Å². The molecule has 19 heavy (non-hydrogen) atoms. The fraction of sp³-hybridized carbons (Fsp3) is 0.357. The van der Waals surface area contributed by atoms with Gasteiger partial charge >= 0.3 is 0 Å². The van der Waals surface area contributed by atoms with Gasteiger partial charge in [-0.05, 0) is 24.5 Å². The minimum absolute atomic E-state index is 0.128. The summed E-state index contributed by atoms with van der Waals surface area (Å²) in [6.45, 7) is 2.74. The van der Waals surface area contributed by atoms with Crippen LogP contribution in [0.15, 0.2) is 24.4 Å². The van der Waals surface area contributed by atoms with E-state index in [1.54, 1.807) is 6.07 Å². The van der Waals surface area contributed by atoms with Crippen molar-refractivity contribution in [1.29, 1.82) is 0 Å². The highest BCUT2D eigenvalue weighted by Gasteiger charge is 2.09. The maximum Gasteiger partial charge on any atom is 0.152 e. The van der Waals surface area contributed by atoms with Crippen LogP contribution in [-0.4, -0.2) is 23.2 Å². The molecule has 1 aromatic carbocycles. The summed E-state index contributed by atoms with van der Waals surface area (Å²) in [5, 5.41) is 12.4. The Bertz CT molecular complexity index is 575. The fourth-order valence-electron chi connectivity index (χ4n) is 1.94. The monoisotopic (exact) mass is 266 g/mol. The van der Waals surface area contributed by atoms with Crippen LogP contribution in [0, 0.1) is 17.6 Å². The average molecular weight is 266 g/mol. The highest BCUT2D eigenvalue weighted by molar-refractivity contribution is 5.91. The van der Waals surface area contributed by atoms with Crippen molar-refractivity contribution in [3.63, 3.8) is 0 Å². The molecule has 1 atom stereocenters. The van der Waals surface area contributed by atoms with E-state index in [1.807, 2.05) is 6.92 Å². The van der Waals surface area contributed by atoms with Crippen LogP contribution >= 0.6 is 0 Å². The standard InChI is InChI=1S/C14H16F2N2O/c1-9(3-5-19)8-18-13-2-4-17-14-11(13)6-10(15)7-12(14)16/h2,4,6-7,9,19H,3,5,8H2,1H3,(H,17,18). The highest BCUT2D eigenvalue weighted by atomic mass is 19.1. The van der Waals surface area contributed by atoms with Crippen LogP contribution in [-0.2, 0) is 0 Å². The van der Waals surface area contributed by atoms with Crippen LogP contribution in [0.4, 0.5) is 14.5 Å². The zero-order valence-corrected chi connectivity index (χ0v) is 10.7. The minimum atomic E-state index is -0.665. The summed E-state index contributed by atoms with van der Waals surface area (Å²) in [5.41, 5.74) is 0.800. The van der Waals surface area contributed by atoms with Crippen molar-refractivity contribution in [2.45, 2.75) is 13.3 Å². The second-order valence-corrected chi connectivity index (χ2v) is 4.64. The summed E-state index contributed by atoms with van der Waals surface area (Å²) in [4.78, 5) is 3.92. The SMILES string of the molecule is CC(CCO)CNc1ccnc2c(F)cc(F)cc12. The Morgan fingerprint density at radius 1 is 1.37 bits per heavy atom.